The molecule has 0 radical (unpaired) electrons. The molecule has 3 aliphatic carbocycles. The summed E-state index contributed by atoms with van der Waals surface area (Å²) in [5.74, 6) is 6.68. The van der Waals surface area contributed by atoms with Crippen molar-refractivity contribution in [2.45, 2.75) is 58.8 Å². The van der Waals surface area contributed by atoms with Crippen LogP contribution in [-0.4, -0.2) is 0 Å². The second-order valence-corrected chi connectivity index (χ2v) is 6.87. The molecule has 0 aromatic carbocycles. The topological polar surface area (TPSA) is 0 Å². The first-order valence-corrected chi connectivity index (χ1v) is 7.24. The molecule has 0 heteroatoms. The van der Waals surface area contributed by atoms with Crippen LogP contribution in [0.2, 0.25) is 0 Å². The Morgan fingerprint density at radius 1 is 0.867 bits per heavy atom. The van der Waals surface area contributed by atoms with Crippen LogP contribution in [0.4, 0.5) is 0 Å². The highest BCUT2D eigenvalue weighted by Crippen LogP contribution is 2.52. The van der Waals surface area contributed by atoms with E-state index in [0.29, 0.717) is 0 Å². The van der Waals surface area contributed by atoms with E-state index in [1.165, 1.54) is 6.42 Å². The molecule has 0 saturated heterocycles. The van der Waals surface area contributed by atoms with Crippen LogP contribution in [0.5, 0.6) is 0 Å². The molecule has 0 aromatic rings. The zero-order valence-corrected chi connectivity index (χ0v) is 10.4. The monoisotopic (exact) mass is 206 g/mol. The zero-order chi connectivity index (χ0) is 10.4. The molecule has 3 rings (SSSR count). The van der Waals surface area contributed by atoms with Gasteiger partial charge in [0.1, 0.15) is 0 Å². The predicted octanol–water partition coefficient (Wildman–Crippen LogP) is 4.49. The van der Waals surface area contributed by atoms with Gasteiger partial charge in [0.25, 0.3) is 0 Å². The van der Waals surface area contributed by atoms with Crippen LogP contribution in [0.15, 0.2) is 0 Å². The van der Waals surface area contributed by atoms with Gasteiger partial charge in [-0.25, -0.2) is 0 Å². The van der Waals surface area contributed by atoms with Crippen molar-refractivity contribution >= 4 is 0 Å². The Balaban J connectivity index is 1.41. The smallest absolute Gasteiger partial charge is 0.0360 e. The van der Waals surface area contributed by atoms with E-state index in [2.05, 4.69) is 13.8 Å². The van der Waals surface area contributed by atoms with Crippen molar-refractivity contribution in [3.05, 3.63) is 0 Å². The van der Waals surface area contributed by atoms with E-state index in [4.69, 9.17) is 0 Å². The Labute approximate surface area is 94.8 Å². The Hall–Kier alpha value is 0. The summed E-state index contributed by atoms with van der Waals surface area (Å²) in [6.07, 6.45) is 10.9. The van der Waals surface area contributed by atoms with Crippen molar-refractivity contribution in [3.63, 3.8) is 0 Å². The first-order valence-electron chi connectivity index (χ1n) is 7.24. The van der Waals surface area contributed by atoms with Gasteiger partial charge < -0.3 is 0 Å². The molecule has 0 bridgehead atoms. The van der Waals surface area contributed by atoms with E-state index in [1.54, 1.807) is 38.5 Å². The lowest BCUT2D eigenvalue weighted by Crippen LogP contribution is -2.39. The van der Waals surface area contributed by atoms with E-state index < -0.39 is 0 Å². The molecule has 6 unspecified atom stereocenters. The van der Waals surface area contributed by atoms with Crippen LogP contribution < -0.4 is 0 Å². The molecule has 0 N–H and O–H groups in total. The van der Waals surface area contributed by atoms with Crippen molar-refractivity contribution < 1.29 is 0 Å². The van der Waals surface area contributed by atoms with Gasteiger partial charge in [0, 0.05) is 0 Å². The van der Waals surface area contributed by atoms with Gasteiger partial charge in [-0.3, -0.25) is 0 Å². The summed E-state index contributed by atoms with van der Waals surface area (Å²) < 4.78 is 0. The minimum absolute atomic E-state index is 1.07. The highest BCUT2D eigenvalue weighted by Gasteiger charge is 2.42. The van der Waals surface area contributed by atoms with E-state index in [1.807, 2.05) is 0 Å². The van der Waals surface area contributed by atoms with Crippen molar-refractivity contribution in [2.75, 3.05) is 0 Å². The summed E-state index contributed by atoms with van der Waals surface area (Å²) in [5.41, 5.74) is 0. The number of rotatable bonds is 3. The summed E-state index contributed by atoms with van der Waals surface area (Å²) in [4.78, 5) is 0. The van der Waals surface area contributed by atoms with Gasteiger partial charge in [-0.2, -0.15) is 0 Å². The molecular formula is C15H26. The quantitative estimate of drug-likeness (QED) is 0.638. The second kappa shape index (κ2) is 3.79. The average Bonchev–Trinajstić information content (AvgIpc) is 2.90. The Morgan fingerprint density at radius 3 is 2.27 bits per heavy atom. The van der Waals surface area contributed by atoms with E-state index in [-0.39, 0.29) is 0 Å². The normalized spacial score (nSPS) is 53.2. The third-order valence-electron chi connectivity index (χ3n) is 5.78. The summed E-state index contributed by atoms with van der Waals surface area (Å²) in [5, 5.41) is 0. The van der Waals surface area contributed by atoms with Crippen molar-refractivity contribution in [1.82, 2.24) is 0 Å². The molecule has 6 atom stereocenters. The summed E-state index contributed by atoms with van der Waals surface area (Å²) in [6.45, 7) is 4.89. The molecule has 3 fully saturated rings. The lowest BCUT2D eigenvalue weighted by atomic mass is 9.57. The van der Waals surface area contributed by atoms with Gasteiger partial charge in [-0.05, 0) is 67.6 Å². The van der Waals surface area contributed by atoms with E-state index in [9.17, 15) is 0 Å². The minimum atomic E-state index is 1.07. The number of hydrogen-bond donors (Lipinski definition) is 0. The Bertz CT molecular complexity index is 232. The maximum absolute atomic E-state index is 2.47. The summed E-state index contributed by atoms with van der Waals surface area (Å²) in [7, 11) is 0. The molecule has 0 heterocycles. The van der Waals surface area contributed by atoms with Crippen LogP contribution >= 0.6 is 0 Å². The first kappa shape index (κ1) is 10.2. The average molecular weight is 206 g/mol. The standard InChI is InChI=1S/C15H26/c1-10-7-13(10)5-3-12-4-6-15-11(2)8-14(15)9-12/h10-15H,3-9H2,1-2H3. The van der Waals surface area contributed by atoms with Gasteiger partial charge in [0.05, 0.1) is 0 Å². The van der Waals surface area contributed by atoms with Crippen LogP contribution in [-0.2, 0) is 0 Å². The number of hydrogen-bond acceptors (Lipinski definition) is 0. The van der Waals surface area contributed by atoms with Crippen LogP contribution in [0.25, 0.3) is 0 Å². The van der Waals surface area contributed by atoms with E-state index in [0.717, 1.165) is 35.5 Å². The Morgan fingerprint density at radius 2 is 1.67 bits per heavy atom. The van der Waals surface area contributed by atoms with Crippen molar-refractivity contribution in [2.24, 2.45) is 35.5 Å². The first-order chi connectivity index (χ1) is 7.24. The largest absolute Gasteiger partial charge is 0.0622 e. The third-order valence-corrected chi connectivity index (χ3v) is 5.78. The van der Waals surface area contributed by atoms with Crippen molar-refractivity contribution in [3.8, 4) is 0 Å². The zero-order valence-electron chi connectivity index (χ0n) is 10.4. The molecule has 0 spiro atoms. The van der Waals surface area contributed by atoms with Crippen molar-refractivity contribution in [1.29, 1.82) is 0 Å². The SMILES string of the molecule is CC1CC1CCC1CCC2C(C)CC2C1. The van der Waals surface area contributed by atoms with Gasteiger partial charge in [0.2, 0.25) is 0 Å². The lowest BCUT2D eigenvalue weighted by Gasteiger charge is -2.49. The third kappa shape index (κ3) is 1.97. The molecule has 86 valence electrons. The number of fused-ring (bicyclic) bond motifs is 1. The lowest BCUT2D eigenvalue weighted by molar-refractivity contribution is 0.0145. The molecular weight excluding hydrogens is 180 g/mol. The fraction of sp³-hybridized carbons (Fsp3) is 1.00. The highest BCUT2D eigenvalue weighted by atomic mass is 14.5. The summed E-state index contributed by atoms with van der Waals surface area (Å²) in [6, 6.07) is 0. The maximum Gasteiger partial charge on any atom is -0.0360 e. The molecule has 0 amide bonds. The maximum atomic E-state index is 2.47. The van der Waals surface area contributed by atoms with E-state index >= 15 is 0 Å². The Kier molecular flexibility index (Phi) is 2.57. The molecule has 3 saturated carbocycles. The second-order valence-electron chi connectivity index (χ2n) is 6.87. The highest BCUT2D eigenvalue weighted by molar-refractivity contribution is 4.92. The predicted molar refractivity (Wildman–Crippen MR) is 64.6 cm³/mol. The van der Waals surface area contributed by atoms with Gasteiger partial charge >= 0.3 is 0 Å². The molecule has 3 aliphatic rings. The van der Waals surface area contributed by atoms with Crippen LogP contribution in [0.1, 0.15) is 58.8 Å². The van der Waals surface area contributed by atoms with Crippen LogP contribution in [0.3, 0.4) is 0 Å². The fourth-order valence-electron chi connectivity index (χ4n) is 4.37. The van der Waals surface area contributed by atoms with Gasteiger partial charge in [-0.1, -0.05) is 26.7 Å². The van der Waals surface area contributed by atoms with Crippen LogP contribution in [0, 0.1) is 35.5 Å². The van der Waals surface area contributed by atoms with Gasteiger partial charge in [0.15, 0.2) is 0 Å². The molecule has 0 aromatic heterocycles. The van der Waals surface area contributed by atoms with Gasteiger partial charge in [-0.15, -0.1) is 0 Å². The molecule has 0 nitrogen and oxygen atoms in total. The molecule has 0 aliphatic heterocycles. The minimum Gasteiger partial charge on any atom is -0.0622 e. The summed E-state index contributed by atoms with van der Waals surface area (Å²) >= 11 is 0. The molecule has 15 heavy (non-hydrogen) atoms. The fourth-order valence-corrected chi connectivity index (χ4v) is 4.37.